The molecule has 6 N–H and O–H groups in total. The van der Waals surface area contributed by atoms with Crippen LogP contribution >= 0.6 is 11.6 Å². The molecule has 1 saturated heterocycles. The molecule has 3 aromatic rings. The number of carbonyl (C=O) groups is 4. The molecular weight excluding hydrogens is 805 g/mol. The van der Waals surface area contributed by atoms with Crippen molar-refractivity contribution in [2.75, 3.05) is 25.5 Å². The molecule has 4 heterocycles. The van der Waals surface area contributed by atoms with Crippen molar-refractivity contribution in [3.63, 3.8) is 0 Å². The van der Waals surface area contributed by atoms with Gasteiger partial charge in [0, 0.05) is 37.4 Å². The van der Waals surface area contributed by atoms with Crippen molar-refractivity contribution >= 4 is 46.8 Å². The number of imidazole rings is 2. The molecule has 1 aliphatic heterocycles. The lowest BCUT2D eigenvalue weighted by atomic mass is 9.80. The number of aromatic nitrogens is 5. The first kappa shape index (κ1) is 43.7. The monoisotopic (exact) mass is 852 g/mol. The number of halogens is 4. The largest absolute Gasteiger partial charge is 0.453 e. The van der Waals surface area contributed by atoms with Crippen LogP contribution in [0.5, 0.6) is 0 Å². The number of nitrogens with zero attached hydrogens (tertiary/aromatic N) is 4. The number of methoxy groups -OCH3 is 1. The van der Waals surface area contributed by atoms with Crippen molar-refractivity contribution in [2.45, 2.75) is 77.7 Å². The number of rotatable bonds is 13. The minimum Gasteiger partial charge on any atom is -0.453 e. The molecule has 0 saturated carbocycles. The van der Waals surface area contributed by atoms with Gasteiger partial charge in [0.2, 0.25) is 5.91 Å². The zero-order valence-corrected chi connectivity index (χ0v) is 34.5. The van der Waals surface area contributed by atoms with Crippen LogP contribution in [0, 0.1) is 17.8 Å². The lowest BCUT2D eigenvalue weighted by Gasteiger charge is -2.31. The molecule has 0 bridgehead atoms. The Morgan fingerprint density at radius 1 is 1.02 bits per heavy atom. The van der Waals surface area contributed by atoms with E-state index in [2.05, 4.69) is 46.2 Å². The minimum atomic E-state index is -4.63. The second-order valence-corrected chi connectivity index (χ2v) is 16.0. The molecule has 0 spiro atoms. The molecule has 6 rings (SSSR count). The van der Waals surface area contributed by atoms with E-state index in [0.717, 1.165) is 5.57 Å². The second-order valence-electron chi connectivity index (χ2n) is 15.6. The second kappa shape index (κ2) is 18.6. The quantitative estimate of drug-likeness (QED) is 0.111. The fraction of sp³-hybridized carbons (Fsp3) is 0.439. The van der Waals surface area contributed by atoms with Gasteiger partial charge in [0.1, 0.15) is 23.4 Å². The summed E-state index contributed by atoms with van der Waals surface area (Å²) in [5.74, 6) is -2.13. The smallest absolute Gasteiger partial charge is 0.407 e. The number of carbonyl (C=O) groups excluding carboxylic acids is 4. The van der Waals surface area contributed by atoms with Crippen LogP contribution in [0.1, 0.15) is 91.8 Å². The van der Waals surface area contributed by atoms with E-state index >= 15 is 0 Å². The number of hydrogen-bond donors (Lipinski definition) is 6. The van der Waals surface area contributed by atoms with Crippen molar-refractivity contribution in [2.24, 2.45) is 17.8 Å². The van der Waals surface area contributed by atoms with Crippen LogP contribution in [-0.4, -0.2) is 92.1 Å². The van der Waals surface area contributed by atoms with Crippen LogP contribution in [0.15, 0.2) is 77.2 Å². The lowest BCUT2D eigenvalue weighted by Crippen LogP contribution is -2.51. The molecule has 1 fully saturated rings. The van der Waals surface area contributed by atoms with Crippen molar-refractivity contribution < 1.29 is 37.1 Å². The number of nitrogens with one attached hydrogen (secondary N) is 6. The summed E-state index contributed by atoms with van der Waals surface area (Å²) in [4.78, 5) is 71.5. The molecule has 2 aliphatic carbocycles. The molecule has 60 heavy (non-hydrogen) atoms. The van der Waals surface area contributed by atoms with Crippen LogP contribution in [0.3, 0.4) is 0 Å². The van der Waals surface area contributed by atoms with Gasteiger partial charge >= 0.3 is 12.3 Å². The predicted octanol–water partition coefficient (Wildman–Crippen LogP) is 6.54. The van der Waals surface area contributed by atoms with Gasteiger partial charge in [0.15, 0.2) is 0 Å². The average Bonchev–Trinajstić information content (AvgIpc) is 4.01. The van der Waals surface area contributed by atoms with E-state index in [9.17, 15) is 32.3 Å². The summed E-state index contributed by atoms with van der Waals surface area (Å²) < 4.78 is 48.6. The van der Waals surface area contributed by atoms with Gasteiger partial charge in [-0.1, -0.05) is 44.5 Å². The first-order valence-corrected chi connectivity index (χ1v) is 20.0. The zero-order chi connectivity index (χ0) is 43.3. The Hall–Kier alpha value is -5.91. The van der Waals surface area contributed by atoms with Crippen molar-refractivity contribution in [3.05, 3.63) is 99.9 Å². The van der Waals surface area contributed by atoms with E-state index in [-0.39, 0.29) is 57.6 Å². The Labute approximate surface area is 349 Å². The number of H-pyrrole nitrogens is 2. The number of amides is 4. The Bertz CT molecular complexity index is 2200. The number of hydrogen-bond acceptors (Lipinski definition) is 9. The Morgan fingerprint density at radius 2 is 1.77 bits per heavy atom. The molecule has 19 heteroatoms. The SMILES string of the molecule is COC(=O)NC(C(=O)N1CC(C)CC1c1ncc(C2=CC=C(C3=CC(Cl)=C(NC(=O)c4ccc(NCC(C)NC(=O)c5cnc[nH]5)nc4)CC3C(F)(F)F)CC2)[nH]1)C(C)C. The number of aromatic amines is 2. The van der Waals surface area contributed by atoms with E-state index in [1.807, 2.05) is 20.8 Å². The average molecular weight is 853 g/mol. The van der Waals surface area contributed by atoms with Gasteiger partial charge in [-0.3, -0.25) is 14.4 Å². The number of alkyl carbamates (subject to hydrolysis) is 1. The van der Waals surface area contributed by atoms with E-state index in [1.165, 1.54) is 38.0 Å². The topological polar surface area (TPSA) is 199 Å². The van der Waals surface area contributed by atoms with E-state index in [1.54, 1.807) is 36.2 Å². The fourth-order valence-corrected chi connectivity index (χ4v) is 7.73. The standard InChI is InChI=1S/C41H48ClF3N10O5/c1-21(2)35(54-40(59)60-5)39(58)55-19-22(3)12-33(55)36-49-18-31(52-36)25-8-6-24(7-9-25)27-13-29(42)30(14-28(27)41(43,44)45)53-37(56)26-10-11-34(48-16-26)47-15-23(4)51-38(57)32-17-46-20-50-32/h6,8,10-11,13,16-18,20-23,28,33,35H,7,9,12,14-15,19H2,1-5H3,(H,46,50)(H,47,48)(H,49,52)(H,51,57)(H,53,56)(H,54,59). The highest BCUT2D eigenvalue weighted by Gasteiger charge is 2.45. The molecule has 3 aliphatic rings. The third kappa shape index (κ3) is 10.3. The number of allylic oxidation sites excluding steroid dienone is 8. The number of pyridine rings is 1. The number of likely N-dealkylation sites (tertiary alicyclic amines) is 1. The number of anilines is 1. The van der Waals surface area contributed by atoms with Gasteiger partial charge in [-0.05, 0) is 73.0 Å². The summed E-state index contributed by atoms with van der Waals surface area (Å²) >= 11 is 6.56. The summed E-state index contributed by atoms with van der Waals surface area (Å²) in [6.07, 6.45) is 5.96. The van der Waals surface area contributed by atoms with Crippen LogP contribution < -0.4 is 21.3 Å². The van der Waals surface area contributed by atoms with Gasteiger partial charge in [-0.25, -0.2) is 19.7 Å². The molecule has 5 atom stereocenters. The summed E-state index contributed by atoms with van der Waals surface area (Å²) in [5, 5.41) is 11.1. The number of ether oxygens (including phenoxy) is 1. The van der Waals surface area contributed by atoms with Crippen LogP contribution in [0.2, 0.25) is 0 Å². The van der Waals surface area contributed by atoms with Crippen molar-refractivity contribution in [1.29, 1.82) is 0 Å². The highest BCUT2D eigenvalue weighted by atomic mass is 35.5. The molecule has 320 valence electrons. The Morgan fingerprint density at radius 3 is 2.40 bits per heavy atom. The van der Waals surface area contributed by atoms with Gasteiger partial charge in [0.25, 0.3) is 11.8 Å². The fourth-order valence-electron chi connectivity index (χ4n) is 7.49. The summed E-state index contributed by atoms with van der Waals surface area (Å²) in [6, 6.07) is 1.61. The zero-order valence-electron chi connectivity index (χ0n) is 33.7. The van der Waals surface area contributed by atoms with Crippen molar-refractivity contribution in [1.82, 2.24) is 45.8 Å². The Balaban J connectivity index is 1.11. The lowest BCUT2D eigenvalue weighted by molar-refractivity contribution is -0.163. The maximum Gasteiger partial charge on any atom is 0.407 e. The van der Waals surface area contributed by atoms with E-state index in [0.29, 0.717) is 61.0 Å². The maximum absolute atomic E-state index is 14.6. The number of alkyl halides is 3. The predicted molar refractivity (Wildman–Crippen MR) is 217 cm³/mol. The van der Waals surface area contributed by atoms with Crippen LogP contribution in [-0.2, 0) is 9.53 Å². The Kier molecular flexibility index (Phi) is 13.5. The van der Waals surface area contributed by atoms with Gasteiger partial charge < -0.3 is 40.9 Å². The van der Waals surface area contributed by atoms with Crippen molar-refractivity contribution in [3.8, 4) is 0 Å². The molecule has 15 nitrogen and oxygen atoms in total. The van der Waals surface area contributed by atoms with Crippen LogP contribution in [0.25, 0.3) is 5.57 Å². The first-order valence-electron chi connectivity index (χ1n) is 19.6. The normalized spacial score (nSPS) is 20.5. The van der Waals surface area contributed by atoms with E-state index in [4.69, 9.17) is 16.3 Å². The third-order valence-corrected chi connectivity index (χ3v) is 11.0. The van der Waals surface area contributed by atoms with Crippen LogP contribution in [0.4, 0.5) is 23.8 Å². The first-order chi connectivity index (χ1) is 28.5. The van der Waals surface area contributed by atoms with Gasteiger partial charge in [-0.15, -0.1) is 0 Å². The van der Waals surface area contributed by atoms with Gasteiger partial charge in [-0.2, -0.15) is 13.2 Å². The molecule has 5 unspecified atom stereocenters. The summed E-state index contributed by atoms with van der Waals surface area (Å²) in [6.45, 7) is 8.33. The molecule has 4 amide bonds. The highest BCUT2D eigenvalue weighted by Crippen LogP contribution is 2.46. The van der Waals surface area contributed by atoms with E-state index < -0.39 is 36.6 Å². The third-order valence-electron chi connectivity index (χ3n) is 10.7. The minimum absolute atomic E-state index is 0.00321. The molecule has 3 aromatic heterocycles. The molecular formula is C41H48ClF3N10O5. The molecule has 0 radical (unpaired) electrons. The summed E-state index contributed by atoms with van der Waals surface area (Å²) in [5.41, 5.74) is 2.43. The van der Waals surface area contributed by atoms with Gasteiger partial charge in [0.05, 0.1) is 54.1 Å². The summed E-state index contributed by atoms with van der Waals surface area (Å²) in [7, 11) is 1.24. The highest BCUT2D eigenvalue weighted by molar-refractivity contribution is 6.32. The molecule has 0 aromatic carbocycles. The maximum atomic E-state index is 14.6.